The predicted molar refractivity (Wildman–Crippen MR) is 84.7 cm³/mol. The fourth-order valence-corrected chi connectivity index (χ4v) is 5.36. The maximum atomic E-state index is 6.43. The first-order valence-corrected chi connectivity index (χ1v) is 11.0. The van der Waals surface area contributed by atoms with Gasteiger partial charge in [-0.25, -0.2) is 0 Å². The molecule has 1 atom stereocenters. The summed E-state index contributed by atoms with van der Waals surface area (Å²) < 4.78 is 6.43. The minimum Gasteiger partial charge on any atom is -0.403 e. The zero-order valence-corrected chi connectivity index (χ0v) is 14.1. The Morgan fingerprint density at radius 1 is 1.17 bits per heavy atom. The van der Waals surface area contributed by atoms with Crippen molar-refractivity contribution in [3.63, 3.8) is 0 Å². The van der Waals surface area contributed by atoms with Gasteiger partial charge in [-0.15, -0.1) is 0 Å². The molecule has 1 aromatic rings. The minimum absolute atomic E-state index is 0.0815. The monoisotopic (exact) mass is 282 g/mol. The molecule has 0 N–H and O–H groups in total. The number of hydrogen-bond donors (Lipinski definition) is 0. The topological polar surface area (TPSA) is 9.23 Å². The summed E-state index contributed by atoms with van der Waals surface area (Å²) in [6.45, 7) is 11.3. The normalized spacial score (nSPS) is 15.4. The highest BCUT2D eigenvalue weighted by Crippen LogP contribution is 2.39. The highest BCUT2D eigenvalue weighted by Gasteiger charge is 2.32. The van der Waals surface area contributed by atoms with E-state index in [1.54, 1.807) is 0 Å². The first-order chi connectivity index (χ1) is 8.35. The van der Waals surface area contributed by atoms with Crippen LogP contribution in [-0.4, -0.2) is 13.3 Å². The minimum atomic E-state index is -1.52. The molecule has 3 heteroatoms. The van der Waals surface area contributed by atoms with E-state index >= 15 is 0 Å². The zero-order valence-electron chi connectivity index (χ0n) is 12.3. The standard InChI is InChI=1S/C15H26OSSi/c1-6-7-13-15(2,16-18(3,4)5)17-14-11-9-8-10-12-14/h8-12H,6-7,13H2,1-5H3. The Morgan fingerprint density at radius 3 is 2.28 bits per heavy atom. The van der Waals surface area contributed by atoms with Crippen LogP contribution in [0.2, 0.25) is 19.6 Å². The maximum absolute atomic E-state index is 6.43. The average Bonchev–Trinajstić information content (AvgIpc) is 2.25. The second kappa shape index (κ2) is 6.78. The summed E-state index contributed by atoms with van der Waals surface area (Å²) in [6.07, 6.45) is 3.56. The van der Waals surface area contributed by atoms with Crippen LogP contribution in [0.25, 0.3) is 0 Å². The molecule has 102 valence electrons. The Kier molecular flexibility index (Phi) is 5.95. The summed E-state index contributed by atoms with van der Waals surface area (Å²) in [5.74, 6) is 0. The summed E-state index contributed by atoms with van der Waals surface area (Å²) in [5.41, 5.74) is 0. The van der Waals surface area contributed by atoms with Crippen molar-refractivity contribution in [1.29, 1.82) is 0 Å². The molecule has 0 bridgehead atoms. The van der Waals surface area contributed by atoms with Crippen LogP contribution in [0.3, 0.4) is 0 Å². The molecule has 0 aliphatic carbocycles. The van der Waals surface area contributed by atoms with Crippen molar-refractivity contribution in [2.24, 2.45) is 0 Å². The van der Waals surface area contributed by atoms with Crippen LogP contribution in [0.15, 0.2) is 35.2 Å². The first kappa shape index (κ1) is 15.8. The van der Waals surface area contributed by atoms with E-state index < -0.39 is 8.32 Å². The molecular formula is C15H26OSSi. The lowest BCUT2D eigenvalue weighted by molar-refractivity contribution is 0.164. The highest BCUT2D eigenvalue weighted by atomic mass is 32.2. The molecule has 0 aliphatic heterocycles. The van der Waals surface area contributed by atoms with Crippen molar-refractivity contribution in [3.05, 3.63) is 30.3 Å². The fourth-order valence-electron chi connectivity index (χ4n) is 2.01. The van der Waals surface area contributed by atoms with Gasteiger partial charge in [-0.3, -0.25) is 0 Å². The van der Waals surface area contributed by atoms with Crippen LogP contribution in [0.4, 0.5) is 0 Å². The van der Waals surface area contributed by atoms with Gasteiger partial charge in [-0.05, 0) is 45.1 Å². The molecule has 0 spiro atoms. The van der Waals surface area contributed by atoms with Gasteiger partial charge in [-0.2, -0.15) is 0 Å². The Balaban J connectivity index is 2.77. The van der Waals surface area contributed by atoms with Crippen LogP contribution < -0.4 is 0 Å². The molecule has 0 aliphatic rings. The number of hydrogen-bond acceptors (Lipinski definition) is 2. The van der Waals surface area contributed by atoms with Gasteiger partial charge in [0.15, 0.2) is 8.32 Å². The smallest absolute Gasteiger partial charge is 0.185 e. The summed E-state index contributed by atoms with van der Waals surface area (Å²) in [4.78, 5) is 1.22. The first-order valence-electron chi connectivity index (χ1n) is 6.79. The molecule has 0 fully saturated rings. The van der Waals surface area contributed by atoms with E-state index in [0.717, 1.165) is 6.42 Å². The number of rotatable bonds is 7. The fraction of sp³-hybridized carbons (Fsp3) is 0.600. The van der Waals surface area contributed by atoms with Crippen molar-refractivity contribution in [3.8, 4) is 0 Å². The molecule has 0 heterocycles. The molecule has 1 aromatic carbocycles. The SMILES string of the molecule is CCCCC(C)(O[Si](C)(C)C)Sc1ccccc1. The molecule has 1 rings (SSSR count). The van der Waals surface area contributed by atoms with Gasteiger partial charge in [0.1, 0.15) is 4.93 Å². The molecular weight excluding hydrogens is 256 g/mol. The second-order valence-corrected chi connectivity index (χ2v) is 11.8. The Bertz CT molecular complexity index is 347. The van der Waals surface area contributed by atoms with Crippen LogP contribution in [-0.2, 0) is 4.43 Å². The van der Waals surface area contributed by atoms with Crippen molar-refractivity contribution in [2.45, 2.75) is 62.6 Å². The number of unbranched alkanes of at least 4 members (excludes halogenated alkanes) is 1. The van der Waals surface area contributed by atoms with Crippen molar-refractivity contribution in [1.82, 2.24) is 0 Å². The second-order valence-electron chi connectivity index (χ2n) is 5.87. The molecule has 0 aromatic heterocycles. The lowest BCUT2D eigenvalue weighted by Gasteiger charge is -2.36. The average molecular weight is 283 g/mol. The molecule has 0 saturated carbocycles. The van der Waals surface area contributed by atoms with E-state index in [1.165, 1.54) is 17.7 Å². The van der Waals surface area contributed by atoms with Gasteiger partial charge in [0.05, 0.1) is 0 Å². The predicted octanol–water partition coefficient (Wildman–Crippen LogP) is 5.54. The van der Waals surface area contributed by atoms with Crippen molar-refractivity contribution < 1.29 is 4.43 Å². The zero-order chi connectivity index (χ0) is 13.6. The van der Waals surface area contributed by atoms with Gasteiger partial charge in [0, 0.05) is 4.90 Å². The molecule has 0 radical (unpaired) electrons. The van der Waals surface area contributed by atoms with Crippen LogP contribution >= 0.6 is 11.8 Å². The van der Waals surface area contributed by atoms with Gasteiger partial charge in [0.2, 0.25) is 0 Å². The quantitative estimate of drug-likeness (QED) is 0.369. The Hall–Kier alpha value is -0.253. The van der Waals surface area contributed by atoms with E-state index in [2.05, 4.69) is 63.8 Å². The van der Waals surface area contributed by atoms with E-state index in [9.17, 15) is 0 Å². The summed E-state index contributed by atoms with van der Waals surface area (Å²) in [6, 6.07) is 10.6. The number of thioether (sulfide) groups is 1. The van der Waals surface area contributed by atoms with E-state index in [-0.39, 0.29) is 4.93 Å². The van der Waals surface area contributed by atoms with Crippen molar-refractivity contribution >= 4 is 20.1 Å². The lowest BCUT2D eigenvalue weighted by Crippen LogP contribution is -2.38. The highest BCUT2D eigenvalue weighted by molar-refractivity contribution is 8.00. The third-order valence-corrected chi connectivity index (χ3v) is 5.02. The van der Waals surface area contributed by atoms with Gasteiger partial charge in [0.25, 0.3) is 0 Å². The Labute approximate surface area is 117 Å². The van der Waals surface area contributed by atoms with Crippen LogP contribution in [0.5, 0.6) is 0 Å². The number of benzene rings is 1. The molecule has 1 unspecified atom stereocenters. The van der Waals surface area contributed by atoms with Crippen molar-refractivity contribution in [2.75, 3.05) is 0 Å². The molecule has 1 nitrogen and oxygen atoms in total. The summed E-state index contributed by atoms with van der Waals surface area (Å²) in [5, 5.41) is 0. The van der Waals surface area contributed by atoms with Gasteiger partial charge < -0.3 is 4.43 Å². The van der Waals surface area contributed by atoms with Gasteiger partial charge in [-0.1, -0.05) is 49.7 Å². The third kappa shape index (κ3) is 6.07. The van der Waals surface area contributed by atoms with Crippen LogP contribution in [0, 0.1) is 0 Å². The van der Waals surface area contributed by atoms with E-state index in [1.807, 2.05) is 11.8 Å². The summed E-state index contributed by atoms with van der Waals surface area (Å²) >= 11 is 1.87. The van der Waals surface area contributed by atoms with E-state index in [4.69, 9.17) is 4.43 Å². The molecule has 0 saturated heterocycles. The Morgan fingerprint density at radius 2 is 1.78 bits per heavy atom. The maximum Gasteiger partial charge on any atom is 0.185 e. The van der Waals surface area contributed by atoms with Crippen LogP contribution in [0.1, 0.15) is 33.1 Å². The third-order valence-electron chi connectivity index (χ3n) is 2.58. The molecule has 0 amide bonds. The lowest BCUT2D eigenvalue weighted by atomic mass is 10.2. The van der Waals surface area contributed by atoms with E-state index in [0.29, 0.717) is 0 Å². The van der Waals surface area contributed by atoms with Gasteiger partial charge >= 0.3 is 0 Å². The largest absolute Gasteiger partial charge is 0.403 e. The summed E-state index contributed by atoms with van der Waals surface area (Å²) in [7, 11) is -1.52. The molecule has 18 heavy (non-hydrogen) atoms.